The number of amides is 1. The summed E-state index contributed by atoms with van der Waals surface area (Å²) in [5.74, 6) is -1.00. The van der Waals surface area contributed by atoms with Crippen LogP contribution < -0.4 is 10.2 Å². The first-order valence-electron chi connectivity index (χ1n) is 8.28. The van der Waals surface area contributed by atoms with Gasteiger partial charge in [0.2, 0.25) is 0 Å². The topological polar surface area (TPSA) is 82.4 Å². The summed E-state index contributed by atoms with van der Waals surface area (Å²) < 4.78 is 5.10. The molecule has 1 N–H and O–H groups in total. The maximum absolute atomic E-state index is 12.1. The van der Waals surface area contributed by atoms with Gasteiger partial charge in [-0.25, -0.2) is 4.79 Å². The van der Waals surface area contributed by atoms with Crippen molar-refractivity contribution in [2.45, 2.75) is 19.3 Å². The van der Waals surface area contributed by atoms with E-state index in [1.165, 1.54) is 11.3 Å². The molecule has 1 amide bonds. The van der Waals surface area contributed by atoms with Crippen LogP contribution in [0.25, 0.3) is 0 Å². The van der Waals surface area contributed by atoms with E-state index in [9.17, 15) is 14.9 Å². The number of benzene rings is 1. The number of rotatable bonds is 5. The highest BCUT2D eigenvalue weighted by Crippen LogP contribution is 2.38. The van der Waals surface area contributed by atoms with Crippen LogP contribution >= 0.6 is 11.3 Å². The lowest BCUT2D eigenvalue weighted by Gasteiger charge is -2.13. The Morgan fingerprint density at radius 3 is 2.88 bits per heavy atom. The number of carbonyl (C=O) groups excluding carboxylic acids is 2. The molecule has 3 rings (SSSR count). The van der Waals surface area contributed by atoms with Gasteiger partial charge in [0.15, 0.2) is 6.61 Å². The van der Waals surface area contributed by atoms with E-state index in [1.54, 1.807) is 18.2 Å². The number of ether oxygens (including phenoxy) is 1. The SMILES string of the molecule is CN(C)c1cccc(C(=O)OCC(=O)Nc2sc3c(c2C#N)CCC3)c1. The third-order valence-corrected chi connectivity index (χ3v) is 5.43. The molecule has 26 heavy (non-hydrogen) atoms. The second kappa shape index (κ2) is 7.58. The Morgan fingerprint density at radius 1 is 1.35 bits per heavy atom. The molecule has 134 valence electrons. The largest absolute Gasteiger partial charge is 0.452 e. The Kier molecular flexibility index (Phi) is 5.24. The lowest BCUT2D eigenvalue weighted by molar-refractivity contribution is -0.119. The van der Waals surface area contributed by atoms with Crippen molar-refractivity contribution >= 4 is 33.9 Å². The zero-order valence-electron chi connectivity index (χ0n) is 14.7. The van der Waals surface area contributed by atoms with Crippen LogP contribution in [0, 0.1) is 11.3 Å². The van der Waals surface area contributed by atoms with Gasteiger partial charge in [0.25, 0.3) is 5.91 Å². The molecule has 1 aromatic heterocycles. The highest BCUT2D eigenvalue weighted by molar-refractivity contribution is 7.16. The van der Waals surface area contributed by atoms with Gasteiger partial charge in [0, 0.05) is 24.7 Å². The molecule has 2 aromatic rings. The Labute approximate surface area is 156 Å². The number of esters is 1. The number of nitrogens with zero attached hydrogens (tertiary/aromatic N) is 2. The molecule has 1 aliphatic carbocycles. The number of fused-ring (bicyclic) bond motifs is 1. The van der Waals surface area contributed by atoms with Crippen LogP contribution in [0.3, 0.4) is 0 Å². The fraction of sp³-hybridized carbons (Fsp3) is 0.316. The summed E-state index contributed by atoms with van der Waals surface area (Å²) in [7, 11) is 3.76. The maximum atomic E-state index is 12.1. The average molecular weight is 369 g/mol. The summed E-state index contributed by atoms with van der Waals surface area (Å²) in [5, 5.41) is 12.6. The number of hydrogen-bond donors (Lipinski definition) is 1. The molecule has 0 saturated heterocycles. The highest BCUT2D eigenvalue weighted by atomic mass is 32.1. The minimum Gasteiger partial charge on any atom is -0.452 e. The van der Waals surface area contributed by atoms with Gasteiger partial charge in [-0.1, -0.05) is 6.07 Å². The van der Waals surface area contributed by atoms with Gasteiger partial charge in [-0.3, -0.25) is 4.79 Å². The van der Waals surface area contributed by atoms with E-state index in [0.29, 0.717) is 16.1 Å². The monoisotopic (exact) mass is 369 g/mol. The van der Waals surface area contributed by atoms with E-state index < -0.39 is 18.5 Å². The van der Waals surface area contributed by atoms with Crippen LogP contribution in [0.1, 0.15) is 32.8 Å². The molecule has 0 unspecified atom stereocenters. The van der Waals surface area contributed by atoms with E-state index in [-0.39, 0.29) is 0 Å². The molecule has 1 aromatic carbocycles. The number of carbonyl (C=O) groups is 2. The summed E-state index contributed by atoms with van der Waals surface area (Å²) in [5.41, 5.74) is 2.85. The Hall–Kier alpha value is -2.85. The molecular weight excluding hydrogens is 350 g/mol. The first-order valence-corrected chi connectivity index (χ1v) is 9.10. The Bertz CT molecular complexity index is 896. The van der Waals surface area contributed by atoms with Gasteiger partial charge in [-0.2, -0.15) is 5.26 Å². The molecule has 1 heterocycles. The summed E-state index contributed by atoms with van der Waals surface area (Å²) in [6.45, 7) is -0.390. The second-order valence-electron chi connectivity index (χ2n) is 6.24. The number of nitrogens with one attached hydrogen (secondary N) is 1. The van der Waals surface area contributed by atoms with Crippen molar-refractivity contribution in [3.05, 3.63) is 45.8 Å². The van der Waals surface area contributed by atoms with Crippen molar-refractivity contribution in [2.24, 2.45) is 0 Å². The number of nitriles is 1. The van der Waals surface area contributed by atoms with Crippen molar-refractivity contribution < 1.29 is 14.3 Å². The van der Waals surface area contributed by atoms with Crippen LogP contribution in [0.2, 0.25) is 0 Å². The second-order valence-corrected chi connectivity index (χ2v) is 7.35. The Morgan fingerprint density at radius 2 is 2.15 bits per heavy atom. The molecule has 6 nitrogen and oxygen atoms in total. The zero-order valence-corrected chi connectivity index (χ0v) is 15.5. The standard InChI is InChI=1S/C19H19N3O3S/c1-22(2)13-6-3-5-12(9-13)19(24)25-11-17(23)21-18-15(10-20)14-7-4-8-16(14)26-18/h3,5-6,9H,4,7-8,11H2,1-2H3,(H,21,23). The Balaban J connectivity index is 1.60. The van der Waals surface area contributed by atoms with Gasteiger partial charge in [-0.15, -0.1) is 11.3 Å². The van der Waals surface area contributed by atoms with Gasteiger partial charge >= 0.3 is 5.97 Å². The first kappa shape index (κ1) is 18.0. The molecule has 0 radical (unpaired) electrons. The molecule has 7 heteroatoms. The summed E-state index contributed by atoms with van der Waals surface area (Å²) >= 11 is 1.44. The molecule has 0 aliphatic heterocycles. The third kappa shape index (κ3) is 3.70. The number of hydrogen-bond acceptors (Lipinski definition) is 6. The number of anilines is 2. The lowest BCUT2D eigenvalue weighted by atomic mass is 10.1. The summed E-state index contributed by atoms with van der Waals surface area (Å²) in [4.78, 5) is 27.3. The molecule has 0 saturated carbocycles. The first-order chi connectivity index (χ1) is 12.5. The minimum absolute atomic E-state index is 0.386. The van der Waals surface area contributed by atoms with E-state index in [2.05, 4.69) is 11.4 Å². The van der Waals surface area contributed by atoms with Crippen LogP contribution in [0.4, 0.5) is 10.7 Å². The van der Waals surface area contributed by atoms with Crippen LogP contribution in [-0.2, 0) is 22.4 Å². The number of aryl methyl sites for hydroxylation is 1. The van der Waals surface area contributed by atoms with Crippen LogP contribution in [0.15, 0.2) is 24.3 Å². The lowest BCUT2D eigenvalue weighted by Crippen LogP contribution is -2.21. The zero-order chi connectivity index (χ0) is 18.7. The van der Waals surface area contributed by atoms with E-state index in [4.69, 9.17) is 4.74 Å². The molecule has 1 aliphatic rings. The summed E-state index contributed by atoms with van der Waals surface area (Å²) in [6.07, 6.45) is 2.87. The predicted octanol–water partition coefficient (Wildman–Crippen LogP) is 2.97. The summed E-state index contributed by atoms with van der Waals surface area (Å²) in [6, 6.07) is 9.16. The van der Waals surface area contributed by atoms with Crippen molar-refractivity contribution in [3.63, 3.8) is 0 Å². The van der Waals surface area contributed by atoms with Gasteiger partial charge < -0.3 is 15.0 Å². The van der Waals surface area contributed by atoms with Crippen molar-refractivity contribution in [2.75, 3.05) is 30.9 Å². The quantitative estimate of drug-likeness (QED) is 0.820. The van der Waals surface area contributed by atoms with Gasteiger partial charge in [0.1, 0.15) is 11.1 Å². The van der Waals surface area contributed by atoms with Crippen molar-refractivity contribution in [3.8, 4) is 6.07 Å². The smallest absolute Gasteiger partial charge is 0.338 e. The highest BCUT2D eigenvalue weighted by Gasteiger charge is 2.23. The number of thiophene rings is 1. The van der Waals surface area contributed by atoms with Crippen LogP contribution in [0.5, 0.6) is 0 Å². The molecule has 0 bridgehead atoms. The van der Waals surface area contributed by atoms with Crippen LogP contribution in [-0.4, -0.2) is 32.6 Å². The maximum Gasteiger partial charge on any atom is 0.338 e. The molecular formula is C19H19N3O3S. The molecule has 0 atom stereocenters. The normalized spacial score (nSPS) is 12.2. The fourth-order valence-corrected chi connectivity index (χ4v) is 4.15. The molecule has 0 fully saturated rings. The van der Waals surface area contributed by atoms with Crippen molar-refractivity contribution in [1.29, 1.82) is 5.26 Å². The van der Waals surface area contributed by atoms with Gasteiger partial charge in [0.05, 0.1) is 11.1 Å². The molecule has 0 spiro atoms. The minimum atomic E-state index is -0.557. The predicted molar refractivity (Wildman–Crippen MR) is 101 cm³/mol. The van der Waals surface area contributed by atoms with Crippen molar-refractivity contribution in [1.82, 2.24) is 0 Å². The fourth-order valence-electron chi connectivity index (χ4n) is 2.90. The average Bonchev–Trinajstić information content (AvgIpc) is 3.20. The van der Waals surface area contributed by atoms with E-state index >= 15 is 0 Å². The van der Waals surface area contributed by atoms with E-state index in [1.807, 2.05) is 25.1 Å². The third-order valence-electron chi connectivity index (χ3n) is 4.22. The van der Waals surface area contributed by atoms with Gasteiger partial charge in [-0.05, 0) is 43.0 Å². The van der Waals surface area contributed by atoms with E-state index in [0.717, 1.165) is 35.4 Å².